The maximum Gasteiger partial charge on any atom is 0.229 e. The fraction of sp³-hybridized carbons (Fsp3) is 0.409. The predicted molar refractivity (Wildman–Crippen MR) is 126 cm³/mol. The van der Waals surface area contributed by atoms with Gasteiger partial charge in [-0.2, -0.15) is 0 Å². The first kappa shape index (κ1) is 23.9. The van der Waals surface area contributed by atoms with E-state index < -0.39 is 15.9 Å². The zero-order valence-corrected chi connectivity index (χ0v) is 19.9. The summed E-state index contributed by atoms with van der Waals surface area (Å²) in [7, 11) is -3.56. The van der Waals surface area contributed by atoms with Crippen molar-refractivity contribution in [1.29, 1.82) is 0 Å². The SMILES string of the molecule is CC(C(=O)N[C@H](CN1CCCC1)c1ccccc1)c1cc(Cl)c(Cl)cc1NS(C)(=O)=O. The molecule has 0 spiro atoms. The maximum absolute atomic E-state index is 13.2. The molecule has 1 heterocycles. The van der Waals surface area contributed by atoms with Gasteiger partial charge in [-0.05, 0) is 56.1 Å². The Morgan fingerprint density at radius 1 is 1.10 bits per heavy atom. The van der Waals surface area contributed by atoms with Crippen LogP contribution in [0.2, 0.25) is 10.0 Å². The molecule has 2 aromatic rings. The summed E-state index contributed by atoms with van der Waals surface area (Å²) in [5, 5.41) is 3.61. The van der Waals surface area contributed by atoms with Gasteiger partial charge in [0.15, 0.2) is 0 Å². The highest BCUT2D eigenvalue weighted by atomic mass is 35.5. The minimum absolute atomic E-state index is 0.177. The van der Waals surface area contributed by atoms with Crippen molar-refractivity contribution in [3.05, 3.63) is 63.6 Å². The number of nitrogens with one attached hydrogen (secondary N) is 2. The van der Waals surface area contributed by atoms with E-state index in [1.165, 1.54) is 6.07 Å². The second kappa shape index (κ2) is 10.2. The number of rotatable bonds is 8. The molecule has 0 aliphatic carbocycles. The molecule has 1 fully saturated rings. The molecule has 2 N–H and O–H groups in total. The highest BCUT2D eigenvalue weighted by Crippen LogP contribution is 2.34. The van der Waals surface area contributed by atoms with Crippen LogP contribution < -0.4 is 10.0 Å². The monoisotopic (exact) mass is 483 g/mol. The number of anilines is 1. The van der Waals surface area contributed by atoms with Gasteiger partial charge >= 0.3 is 0 Å². The van der Waals surface area contributed by atoms with Crippen LogP contribution in [-0.4, -0.2) is 45.1 Å². The van der Waals surface area contributed by atoms with Crippen molar-refractivity contribution in [1.82, 2.24) is 10.2 Å². The van der Waals surface area contributed by atoms with Gasteiger partial charge in [0.2, 0.25) is 15.9 Å². The summed E-state index contributed by atoms with van der Waals surface area (Å²) in [5.74, 6) is -0.869. The van der Waals surface area contributed by atoms with Crippen LogP contribution in [0.5, 0.6) is 0 Å². The van der Waals surface area contributed by atoms with E-state index in [1.807, 2.05) is 30.3 Å². The molecule has 31 heavy (non-hydrogen) atoms. The summed E-state index contributed by atoms with van der Waals surface area (Å²) >= 11 is 12.3. The molecular formula is C22H27Cl2N3O3S. The van der Waals surface area contributed by atoms with Gasteiger partial charge in [0, 0.05) is 6.54 Å². The summed E-state index contributed by atoms with van der Waals surface area (Å²) in [4.78, 5) is 15.6. The number of carbonyl (C=O) groups excluding carboxylic acids is 1. The van der Waals surface area contributed by atoms with Crippen LogP contribution in [0, 0.1) is 0 Å². The molecule has 1 amide bonds. The standard InChI is InChI=1S/C22H27Cl2N3O3S/c1-15(17-12-18(23)19(24)13-20(17)26-31(2,29)30)22(28)25-21(14-27-10-6-7-11-27)16-8-4-3-5-9-16/h3-5,8-9,12-13,15,21,26H,6-7,10-11,14H2,1-2H3,(H,25,28)/t15?,21-/m1/s1. The molecular weight excluding hydrogens is 457 g/mol. The lowest BCUT2D eigenvalue weighted by molar-refractivity contribution is -0.123. The van der Waals surface area contributed by atoms with Gasteiger partial charge in [0.25, 0.3) is 0 Å². The van der Waals surface area contributed by atoms with Crippen molar-refractivity contribution in [3.63, 3.8) is 0 Å². The normalized spacial score (nSPS) is 16.6. The molecule has 0 aromatic heterocycles. The second-order valence-electron chi connectivity index (χ2n) is 7.93. The van der Waals surface area contributed by atoms with E-state index in [9.17, 15) is 13.2 Å². The molecule has 1 aliphatic heterocycles. The third-order valence-corrected chi connectivity index (χ3v) is 6.72. The third kappa shape index (κ3) is 6.59. The fourth-order valence-electron chi connectivity index (χ4n) is 3.79. The molecule has 0 radical (unpaired) electrons. The molecule has 0 saturated carbocycles. The van der Waals surface area contributed by atoms with Gasteiger partial charge in [-0.15, -0.1) is 0 Å². The summed E-state index contributed by atoms with van der Waals surface area (Å²) in [6.07, 6.45) is 3.37. The Morgan fingerprint density at radius 3 is 2.32 bits per heavy atom. The predicted octanol–water partition coefficient (Wildman–Crippen LogP) is 4.42. The van der Waals surface area contributed by atoms with Gasteiger partial charge in [-0.25, -0.2) is 8.42 Å². The van der Waals surface area contributed by atoms with Crippen molar-refractivity contribution in [2.24, 2.45) is 0 Å². The van der Waals surface area contributed by atoms with Crippen LogP contribution in [0.15, 0.2) is 42.5 Å². The number of likely N-dealkylation sites (tertiary alicyclic amines) is 1. The first-order valence-electron chi connectivity index (χ1n) is 10.2. The number of halogens is 2. The smallest absolute Gasteiger partial charge is 0.229 e. The first-order valence-corrected chi connectivity index (χ1v) is 12.8. The number of benzene rings is 2. The van der Waals surface area contributed by atoms with Crippen LogP contribution in [0.4, 0.5) is 5.69 Å². The van der Waals surface area contributed by atoms with Crippen LogP contribution in [0.1, 0.15) is 42.9 Å². The van der Waals surface area contributed by atoms with Crippen LogP contribution in [-0.2, 0) is 14.8 Å². The average molecular weight is 484 g/mol. The minimum atomic E-state index is -3.56. The number of carbonyl (C=O) groups is 1. The number of sulfonamides is 1. The van der Waals surface area contributed by atoms with E-state index in [-0.39, 0.29) is 27.7 Å². The van der Waals surface area contributed by atoms with Crippen molar-refractivity contribution in [2.45, 2.75) is 31.7 Å². The van der Waals surface area contributed by atoms with Crippen LogP contribution in [0.25, 0.3) is 0 Å². The quantitative estimate of drug-likeness (QED) is 0.582. The summed E-state index contributed by atoms with van der Waals surface area (Å²) < 4.78 is 26.0. The van der Waals surface area contributed by atoms with Crippen LogP contribution in [0.3, 0.4) is 0 Å². The van der Waals surface area contributed by atoms with E-state index in [2.05, 4.69) is 14.9 Å². The zero-order chi connectivity index (χ0) is 22.6. The maximum atomic E-state index is 13.2. The number of amides is 1. The molecule has 3 rings (SSSR count). The summed E-state index contributed by atoms with van der Waals surface area (Å²) in [6, 6.07) is 12.7. The lowest BCUT2D eigenvalue weighted by Gasteiger charge is -2.27. The second-order valence-corrected chi connectivity index (χ2v) is 10.5. The van der Waals surface area contributed by atoms with Crippen molar-refractivity contribution in [2.75, 3.05) is 30.6 Å². The Bertz CT molecular complexity index is 1030. The average Bonchev–Trinajstić information content (AvgIpc) is 3.22. The Kier molecular flexibility index (Phi) is 7.86. The Hall–Kier alpha value is -1.80. The zero-order valence-electron chi connectivity index (χ0n) is 17.6. The van der Waals surface area contributed by atoms with Gasteiger partial charge in [-0.1, -0.05) is 53.5 Å². The lowest BCUT2D eigenvalue weighted by Crippen LogP contribution is -2.38. The lowest BCUT2D eigenvalue weighted by atomic mass is 9.97. The molecule has 2 atom stereocenters. The summed E-state index contributed by atoms with van der Waals surface area (Å²) in [6.45, 7) is 4.48. The summed E-state index contributed by atoms with van der Waals surface area (Å²) in [5.41, 5.74) is 1.74. The number of hydrogen-bond acceptors (Lipinski definition) is 4. The molecule has 1 aliphatic rings. The fourth-order valence-corrected chi connectivity index (χ4v) is 4.70. The molecule has 168 valence electrons. The Morgan fingerprint density at radius 2 is 1.71 bits per heavy atom. The third-order valence-electron chi connectivity index (χ3n) is 5.41. The van der Waals surface area contributed by atoms with Crippen molar-refractivity contribution in [3.8, 4) is 0 Å². The van der Waals surface area contributed by atoms with Crippen LogP contribution >= 0.6 is 23.2 Å². The number of nitrogens with zero attached hydrogens (tertiary/aromatic N) is 1. The van der Waals surface area contributed by atoms with Gasteiger partial charge in [0.1, 0.15) is 0 Å². The molecule has 6 nitrogen and oxygen atoms in total. The molecule has 0 bridgehead atoms. The molecule has 1 unspecified atom stereocenters. The van der Waals surface area contributed by atoms with E-state index >= 15 is 0 Å². The molecule has 2 aromatic carbocycles. The number of hydrogen-bond donors (Lipinski definition) is 2. The van der Waals surface area contributed by atoms with E-state index in [0.29, 0.717) is 5.56 Å². The van der Waals surface area contributed by atoms with Gasteiger partial charge in [0.05, 0.1) is 33.9 Å². The molecule has 1 saturated heterocycles. The van der Waals surface area contributed by atoms with Gasteiger partial charge in [-0.3, -0.25) is 9.52 Å². The van der Waals surface area contributed by atoms with Gasteiger partial charge < -0.3 is 10.2 Å². The van der Waals surface area contributed by atoms with E-state index in [1.54, 1.807) is 13.0 Å². The van der Waals surface area contributed by atoms with Crippen molar-refractivity contribution < 1.29 is 13.2 Å². The molecule has 9 heteroatoms. The van der Waals surface area contributed by atoms with E-state index in [4.69, 9.17) is 23.2 Å². The topological polar surface area (TPSA) is 78.5 Å². The first-order chi connectivity index (χ1) is 14.6. The van der Waals surface area contributed by atoms with Crippen molar-refractivity contribution >= 4 is 44.8 Å². The minimum Gasteiger partial charge on any atom is -0.347 e. The highest BCUT2D eigenvalue weighted by Gasteiger charge is 2.26. The van der Waals surface area contributed by atoms with E-state index in [0.717, 1.165) is 44.3 Å². The largest absolute Gasteiger partial charge is 0.347 e. The highest BCUT2D eigenvalue weighted by molar-refractivity contribution is 7.92. The Labute approximate surface area is 194 Å². The Balaban J connectivity index is 1.85.